The number of hydrogen-bond donors (Lipinski definition) is 0. The molecule has 0 aliphatic heterocycles. The normalized spacial score (nSPS) is 10.8. The van der Waals surface area contributed by atoms with Gasteiger partial charge in [-0.15, -0.1) is 0 Å². The predicted octanol–water partition coefficient (Wildman–Crippen LogP) is 3.80. The van der Waals surface area contributed by atoms with Crippen LogP contribution in [0.25, 0.3) is 10.1 Å². The Morgan fingerprint density at radius 3 is 2.59 bits per heavy atom. The van der Waals surface area contributed by atoms with E-state index in [1.165, 1.54) is 23.5 Å². The summed E-state index contributed by atoms with van der Waals surface area (Å²) in [6.45, 7) is 2.13. The van der Waals surface area contributed by atoms with Crippen LogP contribution < -0.4 is 5.56 Å². The van der Waals surface area contributed by atoms with Gasteiger partial charge in [0.1, 0.15) is 0 Å². The zero-order valence-corrected chi connectivity index (χ0v) is 13.4. The van der Waals surface area contributed by atoms with Gasteiger partial charge >= 0.3 is 5.97 Å². The summed E-state index contributed by atoms with van der Waals surface area (Å²) in [4.78, 5) is 24.8. The lowest BCUT2D eigenvalue weighted by molar-refractivity contribution is 0.0526. The Balaban J connectivity index is 1.84. The van der Waals surface area contributed by atoms with E-state index in [1.54, 1.807) is 22.4 Å². The smallest absolute Gasteiger partial charge is 0.338 e. The fourth-order valence-corrected chi connectivity index (χ4v) is 4.01. The molecule has 0 unspecified atom stereocenters. The third-order valence-electron chi connectivity index (χ3n) is 3.02. The number of carbonyl (C=O) groups excluding carboxylic acids is 1. The van der Waals surface area contributed by atoms with Gasteiger partial charge in [-0.1, -0.05) is 12.1 Å². The molecule has 6 heteroatoms. The number of benzene rings is 2. The molecule has 0 N–H and O–H groups in total. The molecule has 0 saturated carbocycles. The van der Waals surface area contributed by atoms with Crippen molar-refractivity contribution < 1.29 is 9.53 Å². The second kappa shape index (κ2) is 6.37. The van der Waals surface area contributed by atoms with Gasteiger partial charge in [-0.25, -0.2) is 4.79 Å². The lowest BCUT2D eigenvalue weighted by Crippen LogP contribution is -2.07. The molecule has 0 spiro atoms. The van der Waals surface area contributed by atoms with E-state index < -0.39 is 0 Å². The van der Waals surface area contributed by atoms with Crippen LogP contribution in [0.15, 0.2) is 58.2 Å². The highest BCUT2D eigenvalue weighted by molar-refractivity contribution is 7.99. The minimum atomic E-state index is -0.335. The first-order valence-electron chi connectivity index (χ1n) is 6.75. The highest BCUT2D eigenvalue weighted by Crippen LogP contribution is 2.25. The highest BCUT2D eigenvalue weighted by Gasteiger charge is 2.10. The topological polar surface area (TPSA) is 48.3 Å². The molecule has 0 aliphatic carbocycles. The average Bonchev–Trinajstić information content (AvgIpc) is 2.85. The maximum Gasteiger partial charge on any atom is 0.338 e. The predicted molar refractivity (Wildman–Crippen MR) is 89.7 cm³/mol. The first kappa shape index (κ1) is 14.9. The highest BCUT2D eigenvalue weighted by atomic mass is 32.2. The van der Waals surface area contributed by atoms with Crippen LogP contribution in [0.1, 0.15) is 17.3 Å². The minimum Gasteiger partial charge on any atom is -0.462 e. The van der Waals surface area contributed by atoms with E-state index in [9.17, 15) is 9.59 Å². The quantitative estimate of drug-likeness (QED) is 0.682. The van der Waals surface area contributed by atoms with E-state index >= 15 is 0 Å². The van der Waals surface area contributed by atoms with E-state index in [2.05, 4.69) is 0 Å². The summed E-state index contributed by atoms with van der Waals surface area (Å²) in [7, 11) is 0. The number of ether oxygens (including phenoxy) is 1. The Morgan fingerprint density at radius 1 is 1.18 bits per heavy atom. The lowest BCUT2D eigenvalue weighted by Gasteiger charge is -2.03. The molecule has 0 saturated heterocycles. The van der Waals surface area contributed by atoms with Crippen LogP contribution in [0.4, 0.5) is 0 Å². The monoisotopic (exact) mass is 331 g/mol. The van der Waals surface area contributed by atoms with E-state index in [0.717, 1.165) is 15.0 Å². The first-order chi connectivity index (χ1) is 10.7. The van der Waals surface area contributed by atoms with Gasteiger partial charge < -0.3 is 4.74 Å². The summed E-state index contributed by atoms with van der Waals surface area (Å²) < 4.78 is 7.55. The van der Waals surface area contributed by atoms with Gasteiger partial charge in [0, 0.05) is 16.8 Å². The second-order valence-electron chi connectivity index (χ2n) is 4.49. The fourth-order valence-electron chi connectivity index (χ4n) is 1.97. The van der Waals surface area contributed by atoms with Crippen LogP contribution in [-0.4, -0.2) is 15.9 Å². The Hall–Kier alpha value is -2.05. The van der Waals surface area contributed by atoms with E-state index in [-0.39, 0.29) is 11.5 Å². The van der Waals surface area contributed by atoms with Crippen LogP contribution in [0, 0.1) is 0 Å². The number of rotatable bonds is 4. The molecule has 112 valence electrons. The molecule has 0 amide bonds. The molecular weight excluding hydrogens is 318 g/mol. The van der Waals surface area contributed by atoms with Crippen molar-refractivity contribution in [3.8, 4) is 0 Å². The molecule has 0 bridgehead atoms. The molecular formula is C16H13NO3S2. The standard InChI is InChI=1S/C16H13NO3S2/c1-2-20-16(19)11-7-9-12(10-8-11)21-17-15(18)13-5-3-4-6-14(13)22-17/h3-10H,2H2,1H3. The van der Waals surface area contributed by atoms with Gasteiger partial charge in [-0.2, -0.15) is 3.36 Å². The van der Waals surface area contributed by atoms with Gasteiger partial charge in [-0.3, -0.25) is 4.79 Å². The van der Waals surface area contributed by atoms with E-state index in [4.69, 9.17) is 4.74 Å². The zero-order valence-electron chi connectivity index (χ0n) is 11.8. The fraction of sp³-hybridized carbons (Fsp3) is 0.125. The van der Waals surface area contributed by atoms with Gasteiger partial charge in [-0.05, 0) is 54.9 Å². The number of carbonyl (C=O) groups is 1. The molecule has 22 heavy (non-hydrogen) atoms. The van der Waals surface area contributed by atoms with Crippen molar-refractivity contribution in [3.63, 3.8) is 0 Å². The molecule has 0 radical (unpaired) electrons. The Morgan fingerprint density at radius 2 is 1.91 bits per heavy atom. The van der Waals surface area contributed by atoms with Crippen LogP contribution in [-0.2, 0) is 4.74 Å². The Kier molecular flexibility index (Phi) is 4.31. The van der Waals surface area contributed by atoms with Crippen LogP contribution >= 0.6 is 23.5 Å². The van der Waals surface area contributed by atoms with Gasteiger partial charge in [0.15, 0.2) is 0 Å². The summed E-state index contributed by atoms with van der Waals surface area (Å²) >= 11 is 2.76. The van der Waals surface area contributed by atoms with Crippen LogP contribution in [0.3, 0.4) is 0 Å². The zero-order chi connectivity index (χ0) is 15.5. The number of aromatic nitrogens is 1. The summed E-state index contributed by atoms with van der Waals surface area (Å²) in [5, 5.41) is 0.725. The molecule has 0 atom stereocenters. The number of nitrogens with zero attached hydrogens (tertiary/aromatic N) is 1. The minimum absolute atomic E-state index is 0.0138. The maximum atomic E-state index is 12.3. The molecule has 0 fully saturated rings. The lowest BCUT2D eigenvalue weighted by atomic mass is 10.2. The SMILES string of the molecule is CCOC(=O)c1ccc(Sn2sc3ccccc3c2=O)cc1. The summed E-state index contributed by atoms with van der Waals surface area (Å²) in [5.74, 6) is -0.335. The van der Waals surface area contributed by atoms with Crippen molar-refractivity contribution in [1.82, 2.24) is 3.36 Å². The van der Waals surface area contributed by atoms with Gasteiger partial charge in [0.25, 0.3) is 5.56 Å². The average molecular weight is 331 g/mol. The molecule has 1 aromatic heterocycles. The molecule has 1 heterocycles. The van der Waals surface area contributed by atoms with Gasteiger partial charge in [0.05, 0.1) is 22.3 Å². The Labute approximate surface area is 135 Å². The number of esters is 1. The van der Waals surface area contributed by atoms with Gasteiger partial charge in [0.2, 0.25) is 0 Å². The van der Waals surface area contributed by atoms with Crippen molar-refractivity contribution in [3.05, 3.63) is 64.4 Å². The number of fused-ring (bicyclic) bond motifs is 1. The summed E-state index contributed by atoms with van der Waals surface area (Å²) in [5.41, 5.74) is 0.495. The first-order valence-corrected chi connectivity index (χ1v) is 8.30. The van der Waals surface area contributed by atoms with E-state index in [0.29, 0.717) is 12.2 Å². The third-order valence-corrected chi connectivity index (χ3v) is 5.16. The van der Waals surface area contributed by atoms with Crippen molar-refractivity contribution in [1.29, 1.82) is 0 Å². The van der Waals surface area contributed by atoms with Crippen molar-refractivity contribution in [2.24, 2.45) is 0 Å². The summed E-state index contributed by atoms with van der Waals surface area (Å²) in [6.07, 6.45) is 0. The third kappa shape index (κ3) is 2.93. The number of hydrogen-bond acceptors (Lipinski definition) is 5. The second-order valence-corrected chi connectivity index (χ2v) is 6.72. The van der Waals surface area contributed by atoms with Crippen molar-refractivity contribution in [2.75, 3.05) is 6.61 Å². The molecule has 3 aromatic rings. The Bertz CT molecular complexity index is 865. The van der Waals surface area contributed by atoms with E-state index in [1.807, 2.05) is 36.4 Å². The molecule has 3 rings (SSSR count). The molecule has 0 aliphatic rings. The van der Waals surface area contributed by atoms with Crippen LogP contribution in [0.5, 0.6) is 0 Å². The van der Waals surface area contributed by atoms with Crippen molar-refractivity contribution >= 4 is 39.5 Å². The van der Waals surface area contributed by atoms with Crippen LogP contribution in [0.2, 0.25) is 0 Å². The molecule has 4 nitrogen and oxygen atoms in total. The largest absolute Gasteiger partial charge is 0.462 e. The van der Waals surface area contributed by atoms with Crippen molar-refractivity contribution in [2.45, 2.75) is 11.8 Å². The molecule has 2 aromatic carbocycles. The maximum absolute atomic E-state index is 12.3. The summed E-state index contributed by atoms with van der Waals surface area (Å²) in [6, 6.07) is 14.6.